The van der Waals surface area contributed by atoms with Crippen molar-refractivity contribution in [3.8, 4) is 0 Å². The first-order valence-corrected chi connectivity index (χ1v) is 4.95. The summed E-state index contributed by atoms with van der Waals surface area (Å²) in [5.74, 6) is -0.219. The lowest BCUT2D eigenvalue weighted by molar-refractivity contribution is -0.139. The summed E-state index contributed by atoms with van der Waals surface area (Å²) < 4.78 is 5.54. The zero-order chi connectivity index (χ0) is 11.1. The molecule has 1 unspecified atom stereocenters. The van der Waals surface area contributed by atoms with Crippen LogP contribution < -0.4 is 5.32 Å². The van der Waals surface area contributed by atoms with Gasteiger partial charge in [0.15, 0.2) is 5.58 Å². The maximum atomic E-state index is 11.1. The topological polar surface area (TPSA) is 88.2 Å². The van der Waals surface area contributed by atoms with Crippen LogP contribution in [0.15, 0.2) is 16.9 Å². The minimum absolute atomic E-state index is 0.544. The third-order valence-electron chi connectivity index (χ3n) is 2.70. The van der Waals surface area contributed by atoms with Gasteiger partial charge in [-0.3, -0.25) is 4.79 Å². The molecule has 0 amide bonds. The standard InChI is InChI=1S/C10H9N3O3/c14-10(15)9-7-5(1-2-12-9)16-6-3-11-4-13-8(6)7/h3-4,9,12H,1-2H2,(H,14,15). The quantitative estimate of drug-likeness (QED) is 0.725. The highest BCUT2D eigenvalue weighted by Gasteiger charge is 2.31. The summed E-state index contributed by atoms with van der Waals surface area (Å²) in [6, 6.07) is -0.736. The van der Waals surface area contributed by atoms with E-state index in [1.54, 1.807) is 6.20 Å². The minimum atomic E-state index is -0.915. The van der Waals surface area contributed by atoms with E-state index in [2.05, 4.69) is 15.3 Å². The maximum Gasteiger partial charge on any atom is 0.325 e. The van der Waals surface area contributed by atoms with Crippen LogP contribution in [0, 0.1) is 0 Å². The number of rotatable bonds is 1. The number of nitrogens with one attached hydrogen (secondary N) is 1. The van der Waals surface area contributed by atoms with E-state index in [1.165, 1.54) is 6.33 Å². The molecule has 2 aromatic rings. The highest BCUT2D eigenvalue weighted by Crippen LogP contribution is 2.31. The normalized spacial score (nSPS) is 19.6. The van der Waals surface area contributed by atoms with Crippen molar-refractivity contribution in [3.63, 3.8) is 0 Å². The number of furan rings is 1. The van der Waals surface area contributed by atoms with Gasteiger partial charge >= 0.3 is 5.97 Å². The molecular weight excluding hydrogens is 210 g/mol. The summed E-state index contributed by atoms with van der Waals surface area (Å²) in [4.78, 5) is 19.0. The molecule has 0 fully saturated rings. The number of carbonyl (C=O) groups is 1. The van der Waals surface area contributed by atoms with Crippen molar-refractivity contribution in [1.29, 1.82) is 0 Å². The second kappa shape index (κ2) is 3.28. The third-order valence-corrected chi connectivity index (χ3v) is 2.70. The molecule has 0 aliphatic carbocycles. The third kappa shape index (κ3) is 1.20. The minimum Gasteiger partial charge on any atom is -0.480 e. The van der Waals surface area contributed by atoms with Crippen molar-refractivity contribution in [1.82, 2.24) is 15.3 Å². The Balaban J connectivity index is 2.28. The van der Waals surface area contributed by atoms with E-state index in [4.69, 9.17) is 9.52 Å². The highest BCUT2D eigenvalue weighted by molar-refractivity contribution is 5.86. The van der Waals surface area contributed by atoms with Gasteiger partial charge in [0.25, 0.3) is 0 Å². The SMILES string of the molecule is O=C(O)C1NCCc2oc3cncnc3c21. The zero-order valence-electron chi connectivity index (χ0n) is 8.30. The fraction of sp³-hybridized carbons (Fsp3) is 0.300. The van der Waals surface area contributed by atoms with Gasteiger partial charge in [-0.05, 0) is 0 Å². The molecule has 1 aliphatic rings. The molecule has 3 rings (SSSR count). The summed E-state index contributed by atoms with van der Waals surface area (Å²) in [5, 5.41) is 12.0. The number of hydrogen-bond acceptors (Lipinski definition) is 5. The molecule has 3 heterocycles. The molecule has 0 spiro atoms. The van der Waals surface area contributed by atoms with Gasteiger partial charge in [0.2, 0.25) is 0 Å². The van der Waals surface area contributed by atoms with Crippen molar-refractivity contribution in [2.75, 3.05) is 6.54 Å². The molecule has 0 bridgehead atoms. The fourth-order valence-electron chi connectivity index (χ4n) is 2.04. The molecular formula is C10H9N3O3. The smallest absolute Gasteiger partial charge is 0.325 e. The van der Waals surface area contributed by atoms with Gasteiger partial charge in [-0.25, -0.2) is 9.97 Å². The number of aliphatic carboxylic acids is 1. The molecule has 2 N–H and O–H groups in total. The van der Waals surface area contributed by atoms with Crippen molar-refractivity contribution < 1.29 is 14.3 Å². The highest BCUT2D eigenvalue weighted by atomic mass is 16.4. The molecule has 6 nitrogen and oxygen atoms in total. The fourth-order valence-corrected chi connectivity index (χ4v) is 2.04. The van der Waals surface area contributed by atoms with Crippen LogP contribution in [-0.2, 0) is 11.2 Å². The summed E-state index contributed by atoms with van der Waals surface area (Å²) >= 11 is 0. The number of carboxylic acid groups (broad SMARTS) is 1. The summed E-state index contributed by atoms with van der Waals surface area (Å²) in [7, 11) is 0. The van der Waals surface area contributed by atoms with E-state index in [1.807, 2.05) is 0 Å². The monoisotopic (exact) mass is 219 g/mol. The van der Waals surface area contributed by atoms with Crippen LogP contribution in [0.25, 0.3) is 11.1 Å². The van der Waals surface area contributed by atoms with Crippen molar-refractivity contribution in [3.05, 3.63) is 23.8 Å². The molecule has 2 aromatic heterocycles. The van der Waals surface area contributed by atoms with Crippen molar-refractivity contribution in [2.45, 2.75) is 12.5 Å². The Labute approximate surface area is 90.3 Å². The second-order valence-electron chi connectivity index (χ2n) is 3.65. The molecule has 1 atom stereocenters. The van der Waals surface area contributed by atoms with Crippen LogP contribution in [0.3, 0.4) is 0 Å². The summed E-state index contributed by atoms with van der Waals surface area (Å²) in [6.07, 6.45) is 3.63. The van der Waals surface area contributed by atoms with E-state index in [-0.39, 0.29) is 0 Å². The van der Waals surface area contributed by atoms with Gasteiger partial charge in [0.1, 0.15) is 23.6 Å². The average Bonchev–Trinajstić information content (AvgIpc) is 2.66. The van der Waals surface area contributed by atoms with E-state index in [0.29, 0.717) is 35.4 Å². The lowest BCUT2D eigenvalue weighted by Gasteiger charge is -2.19. The van der Waals surface area contributed by atoms with E-state index in [9.17, 15) is 4.79 Å². The Morgan fingerprint density at radius 2 is 2.50 bits per heavy atom. The van der Waals surface area contributed by atoms with Crippen LogP contribution in [0.1, 0.15) is 17.4 Å². The largest absolute Gasteiger partial charge is 0.480 e. The Hall–Kier alpha value is -1.95. The van der Waals surface area contributed by atoms with Crippen LogP contribution in [0.2, 0.25) is 0 Å². The first kappa shape index (κ1) is 9.29. The van der Waals surface area contributed by atoms with Crippen LogP contribution in [-0.4, -0.2) is 27.6 Å². The van der Waals surface area contributed by atoms with E-state index in [0.717, 1.165) is 0 Å². The first-order valence-electron chi connectivity index (χ1n) is 4.95. The lowest BCUT2D eigenvalue weighted by atomic mass is 10.0. The van der Waals surface area contributed by atoms with E-state index < -0.39 is 12.0 Å². The number of hydrogen-bond donors (Lipinski definition) is 2. The van der Waals surface area contributed by atoms with E-state index >= 15 is 0 Å². The Morgan fingerprint density at radius 1 is 1.62 bits per heavy atom. The molecule has 82 valence electrons. The predicted octanol–water partition coefficient (Wildman–Crippen LogP) is 0.494. The van der Waals surface area contributed by atoms with Gasteiger partial charge < -0.3 is 14.8 Å². The average molecular weight is 219 g/mol. The number of nitrogens with zero attached hydrogens (tertiary/aromatic N) is 2. The van der Waals surface area contributed by atoms with Gasteiger partial charge in [0.05, 0.1) is 6.20 Å². The van der Waals surface area contributed by atoms with Crippen LogP contribution in [0.5, 0.6) is 0 Å². The molecule has 16 heavy (non-hydrogen) atoms. The Kier molecular flexibility index (Phi) is 1.90. The maximum absolute atomic E-state index is 11.1. The van der Waals surface area contributed by atoms with Gasteiger partial charge in [-0.2, -0.15) is 0 Å². The predicted molar refractivity (Wildman–Crippen MR) is 53.9 cm³/mol. The Morgan fingerprint density at radius 3 is 3.31 bits per heavy atom. The molecule has 1 aliphatic heterocycles. The number of aromatic nitrogens is 2. The Bertz CT molecular complexity index is 563. The molecule has 0 radical (unpaired) electrons. The zero-order valence-corrected chi connectivity index (χ0v) is 8.30. The summed E-state index contributed by atoms with van der Waals surface area (Å²) in [5.41, 5.74) is 1.77. The second-order valence-corrected chi connectivity index (χ2v) is 3.65. The molecule has 6 heteroatoms. The van der Waals surface area contributed by atoms with Crippen LogP contribution in [0.4, 0.5) is 0 Å². The molecule has 0 saturated carbocycles. The number of carboxylic acids is 1. The number of fused-ring (bicyclic) bond motifs is 3. The van der Waals surface area contributed by atoms with Crippen LogP contribution >= 0.6 is 0 Å². The van der Waals surface area contributed by atoms with Crippen molar-refractivity contribution in [2.24, 2.45) is 0 Å². The van der Waals surface area contributed by atoms with Crippen molar-refractivity contribution >= 4 is 17.1 Å². The first-order chi connectivity index (χ1) is 7.77. The lowest BCUT2D eigenvalue weighted by Crippen LogP contribution is -2.34. The van der Waals surface area contributed by atoms with Gasteiger partial charge in [-0.15, -0.1) is 0 Å². The molecule has 0 saturated heterocycles. The molecule has 0 aromatic carbocycles. The van der Waals surface area contributed by atoms with Gasteiger partial charge in [-0.1, -0.05) is 0 Å². The summed E-state index contributed by atoms with van der Waals surface area (Å²) in [6.45, 7) is 0.594. The van der Waals surface area contributed by atoms with Gasteiger partial charge in [0, 0.05) is 18.5 Å².